The number of hydrogen-bond acceptors (Lipinski definition) is 2. The Hall–Kier alpha value is -0.730. The molecule has 0 rings (SSSR count). The van der Waals surface area contributed by atoms with Gasteiger partial charge in [-0.1, -0.05) is 6.92 Å². The Labute approximate surface area is 48.3 Å². The Kier molecular flexibility index (Phi) is 20.9. The van der Waals surface area contributed by atoms with Crippen LogP contribution in [0.1, 0.15) is 13.3 Å². The van der Waals surface area contributed by atoms with Crippen molar-refractivity contribution in [1.82, 2.24) is 4.97 Å². The summed E-state index contributed by atoms with van der Waals surface area (Å²) < 4.78 is 4.69. The minimum absolute atomic E-state index is 0.889. The zero-order chi connectivity index (χ0) is 6.83. The van der Waals surface area contributed by atoms with Gasteiger partial charge in [0.15, 0.2) is 4.91 Å². The highest BCUT2D eigenvalue weighted by atomic mass is 16.5. The predicted molar refractivity (Wildman–Crippen MR) is 31.0 cm³/mol. The molecule has 4 nitrogen and oxygen atoms in total. The minimum atomic E-state index is 0.889. The molecule has 0 saturated carbocycles. The van der Waals surface area contributed by atoms with Crippen LogP contribution in [-0.4, -0.2) is 13.7 Å². The zero-order valence-corrected chi connectivity index (χ0v) is 5.13. The molecule has 0 heterocycles. The van der Waals surface area contributed by atoms with Crippen LogP contribution in [0.15, 0.2) is 0 Å². The van der Waals surface area contributed by atoms with Crippen molar-refractivity contribution >= 4 is 0 Å². The number of hydrogen-bond donors (Lipinski definition) is 0. The molecule has 0 aliphatic rings. The van der Waals surface area contributed by atoms with Gasteiger partial charge in [0.2, 0.25) is 0 Å². The van der Waals surface area contributed by atoms with Gasteiger partial charge >= 0.3 is 0 Å². The molecule has 0 spiro atoms. The molecule has 0 unspecified atom stereocenters. The molecular weight excluding hydrogens is 108 g/mol. The quantitative estimate of drug-likeness (QED) is 0.399. The molecule has 0 aromatic heterocycles. The lowest BCUT2D eigenvalue weighted by molar-refractivity contribution is 0.199. The smallest absolute Gasteiger partial charge is 0.151 e. The highest BCUT2D eigenvalue weighted by molar-refractivity contribution is 4.15. The molecule has 8 heavy (non-hydrogen) atoms. The van der Waals surface area contributed by atoms with Crippen LogP contribution in [0.3, 0.4) is 0 Å². The van der Waals surface area contributed by atoms with Gasteiger partial charge in [-0.05, 0) is 6.42 Å². The van der Waals surface area contributed by atoms with Gasteiger partial charge in [0.1, 0.15) is 4.97 Å². The fraction of sp³-hybridized carbons (Fsp3) is 1.00. The van der Waals surface area contributed by atoms with E-state index in [1.807, 2.05) is 0 Å². The van der Waals surface area contributed by atoms with Crippen LogP contribution in [-0.2, 0) is 4.74 Å². The third-order valence-electron chi connectivity index (χ3n) is 0.408. The Morgan fingerprint density at radius 2 is 2.12 bits per heavy atom. The predicted octanol–water partition coefficient (Wildman–Crippen LogP) is 0.884. The third kappa shape index (κ3) is 59.6. The lowest BCUT2D eigenvalue weighted by atomic mass is 10.5. The summed E-state index contributed by atoms with van der Waals surface area (Å²) >= 11 is 0. The maximum absolute atomic E-state index is 8.11. The van der Waals surface area contributed by atoms with Crippen molar-refractivity contribution in [2.75, 3.05) is 13.7 Å². The van der Waals surface area contributed by atoms with E-state index in [4.69, 9.17) is 15.2 Å². The molecule has 0 amide bonds. The van der Waals surface area contributed by atoms with Gasteiger partial charge in [-0.15, -0.1) is 0 Å². The summed E-state index contributed by atoms with van der Waals surface area (Å²) in [5.41, 5.74) is 6.64. The monoisotopic (exact) mass is 118 g/mol. The van der Waals surface area contributed by atoms with E-state index < -0.39 is 0 Å². The molecular formula is C4H10N2O2. The zero-order valence-electron chi connectivity index (χ0n) is 5.13. The summed E-state index contributed by atoms with van der Waals surface area (Å²) in [5.74, 6) is 0. The standard InChI is InChI=1S/C4H10O.N2O/c1-3-4-5-2;1-2-3/h3-4H2,1-2H3;. The SMILES string of the molecule is CCCOC.[N-]=[N+]=O. The molecule has 48 valence electrons. The summed E-state index contributed by atoms with van der Waals surface area (Å²) in [6.07, 6.45) is 1.12. The van der Waals surface area contributed by atoms with Gasteiger partial charge in [-0.2, -0.15) is 0 Å². The van der Waals surface area contributed by atoms with Gasteiger partial charge in [-0.3, -0.25) is 5.53 Å². The lowest BCUT2D eigenvalue weighted by Gasteiger charge is -1.84. The first-order valence-corrected chi connectivity index (χ1v) is 2.29. The molecule has 0 aliphatic carbocycles. The van der Waals surface area contributed by atoms with Crippen molar-refractivity contribution in [3.63, 3.8) is 0 Å². The average Bonchev–Trinajstić information content (AvgIpc) is 1.71. The van der Waals surface area contributed by atoms with Crippen molar-refractivity contribution in [3.8, 4) is 0 Å². The highest BCUT2D eigenvalue weighted by Crippen LogP contribution is 1.70. The van der Waals surface area contributed by atoms with E-state index in [1.54, 1.807) is 7.11 Å². The van der Waals surface area contributed by atoms with Crippen LogP contribution < -0.4 is 4.97 Å². The Balaban J connectivity index is 0. The van der Waals surface area contributed by atoms with Gasteiger partial charge in [0.05, 0.1) is 0 Å². The largest absolute Gasteiger partial charge is 0.385 e. The van der Waals surface area contributed by atoms with Crippen LogP contribution in [0.25, 0.3) is 5.53 Å². The van der Waals surface area contributed by atoms with E-state index in [9.17, 15) is 0 Å². The maximum Gasteiger partial charge on any atom is 0.151 e. The molecule has 0 N–H and O–H groups in total. The normalized spacial score (nSPS) is 6.25. The van der Waals surface area contributed by atoms with Crippen molar-refractivity contribution in [3.05, 3.63) is 10.4 Å². The molecule has 4 heteroatoms. The number of nitrogens with zero attached hydrogens (tertiary/aromatic N) is 2. The first-order chi connectivity index (χ1) is 3.83. The van der Waals surface area contributed by atoms with Crippen molar-refractivity contribution < 1.29 is 4.74 Å². The molecule has 0 atom stereocenters. The molecule has 0 aliphatic heterocycles. The second kappa shape index (κ2) is 16.3. The van der Waals surface area contributed by atoms with Gasteiger partial charge in [0.25, 0.3) is 0 Å². The second-order valence-corrected chi connectivity index (χ2v) is 1.07. The molecule has 0 bridgehead atoms. The van der Waals surface area contributed by atoms with E-state index in [0.29, 0.717) is 0 Å². The topological polar surface area (TPSA) is 62.7 Å². The van der Waals surface area contributed by atoms with Gasteiger partial charge in [-0.25, -0.2) is 0 Å². The summed E-state index contributed by atoms with van der Waals surface area (Å²) in [6.45, 7) is 2.98. The van der Waals surface area contributed by atoms with Gasteiger partial charge in [0, 0.05) is 13.7 Å². The van der Waals surface area contributed by atoms with E-state index in [0.717, 1.165) is 13.0 Å². The molecule has 0 fully saturated rings. The van der Waals surface area contributed by atoms with E-state index in [1.165, 1.54) is 4.97 Å². The van der Waals surface area contributed by atoms with Crippen LogP contribution in [0.4, 0.5) is 0 Å². The number of methoxy groups -OCH3 is 1. The number of rotatable bonds is 2. The average molecular weight is 118 g/mol. The van der Waals surface area contributed by atoms with E-state index in [2.05, 4.69) is 6.92 Å². The fourth-order valence-corrected chi connectivity index (χ4v) is 0.204. The van der Waals surface area contributed by atoms with Crippen molar-refractivity contribution in [2.45, 2.75) is 13.3 Å². The van der Waals surface area contributed by atoms with E-state index in [-0.39, 0.29) is 0 Å². The second-order valence-electron chi connectivity index (χ2n) is 1.07. The van der Waals surface area contributed by atoms with Crippen LogP contribution >= 0.6 is 0 Å². The number of ether oxygens (including phenoxy) is 1. The summed E-state index contributed by atoms with van der Waals surface area (Å²) in [5, 5.41) is 0. The summed E-state index contributed by atoms with van der Waals surface area (Å²) in [7, 11) is 1.71. The Morgan fingerprint density at radius 1 is 1.75 bits per heavy atom. The summed E-state index contributed by atoms with van der Waals surface area (Å²) in [6, 6.07) is 0. The van der Waals surface area contributed by atoms with Crippen molar-refractivity contribution in [2.24, 2.45) is 0 Å². The van der Waals surface area contributed by atoms with Gasteiger partial charge < -0.3 is 4.74 Å². The first-order valence-electron chi connectivity index (χ1n) is 2.29. The molecule has 0 aromatic carbocycles. The molecule has 0 radical (unpaired) electrons. The first kappa shape index (κ1) is 10.3. The lowest BCUT2D eigenvalue weighted by Crippen LogP contribution is -1.80. The van der Waals surface area contributed by atoms with E-state index >= 15 is 0 Å². The van der Waals surface area contributed by atoms with Crippen LogP contribution in [0, 0.1) is 4.91 Å². The Bertz CT molecular complexity index is 57.1. The molecule has 0 aromatic rings. The molecule has 0 saturated heterocycles. The minimum Gasteiger partial charge on any atom is -0.385 e. The summed E-state index contributed by atoms with van der Waals surface area (Å²) in [4.78, 5) is 9.36. The van der Waals surface area contributed by atoms with Crippen LogP contribution in [0.5, 0.6) is 0 Å². The third-order valence-corrected chi connectivity index (χ3v) is 0.408. The van der Waals surface area contributed by atoms with Crippen molar-refractivity contribution in [1.29, 1.82) is 0 Å². The highest BCUT2D eigenvalue weighted by Gasteiger charge is 1.66. The maximum atomic E-state index is 8.11. The number of nitroso groups, excluding NO2 is 1. The Morgan fingerprint density at radius 3 is 2.12 bits per heavy atom. The van der Waals surface area contributed by atoms with Crippen LogP contribution in [0.2, 0.25) is 0 Å². The fourth-order valence-electron chi connectivity index (χ4n) is 0.204.